The summed E-state index contributed by atoms with van der Waals surface area (Å²) in [5, 5.41) is 2.53. The average molecular weight is 415 g/mol. The van der Waals surface area contributed by atoms with E-state index in [2.05, 4.69) is 15.1 Å². The monoisotopic (exact) mass is 415 g/mol. The molecule has 1 N–H and O–H groups in total. The van der Waals surface area contributed by atoms with Gasteiger partial charge in [0.05, 0.1) is 0 Å². The Hall–Kier alpha value is -1.83. The first kappa shape index (κ1) is 21.9. The molecule has 0 atom stereocenters. The van der Waals surface area contributed by atoms with E-state index in [-0.39, 0.29) is 11.9 Å². The average Bonchev–Trinajstić information content (AvgIpc) is 2.67. The molecule has 0 aromatic heterocycles. The molecule has 1 aromatic carbocycles. The molecule has 1 aliphatic heterocycles. The zero-order chi connectivity index (χ0) is 20.9. The number of carbonyl (C=O) groups is 1. The van der Waals surface area contributed by atoms with Gasteiger partial charge in [-0.1, -0.05) is 0 Å². The summed E-state index contributed by atoms with van der Waals surface area (Å²) >= 11 is 0. The highest BCUT2D eigenvalue weighted by atomic mass is 19.4. The summed E-state index contributed by atoms with van der Waals surface area (Å²) in [6.45, 7) is 4.81. The summed E-state index contributed by atoms with van der Waals surface area (Å²) < 4.78 is 49.8. The van der Waals surface area contributed by atoms with E-state index in [0.717, 1.165) is 70.5 Å². The molecule has 1 aromatic rings. The molecular formula is C21H29F4N3O. The summed E-state index contributed by atoms with van der Waals surface area (Å²) in [4.78, 5) is 16.1. The fourth-order valence-corrected chi connectivity index (χ4v) is 4.30. The summed E-state index contributed by atoms with van der Waals surface area (Å²) in [6.07, 6.45) is -1.34. The Morgan fingerprint density at radius 2 is 1.62 bits per heavy atom. The van der Waals surface area contributed by atoms with Crippen LogP contribution >= 0.6 is 0 Å². The lowest BCUT2D eigenvalue weighted by molar-refractivity contribution is -0.154. The Balaban J connectivity index is 1.31. The predicted octanol–water partition coefficient (Wildman–Crippen LogP) is 3.97. The maximum Gasteiger partial charge on any atom is 0.397 e. The molecule has 3 rings (SSSR count). The molecule has 8 heteroatoms. The molecule has 2 fully saturated rings. The Morgan fingerprint density at radius 3 is 2.21 bits per heavy atom. The fraction of sp³-hybridized carbons (Fsp3) is 0.667. The highest BCUT2D eigenvalue weighted by molar-refractivity contribution is 5.76. The third kappa shape index (κ3) is 7.17. The molecule has 1 aliphatic carbocycles. The maximum atomic E-state index is 13.1. The van der Waals surface area contributed by atoms with Crippen molar-refractivity contribution in [2.45, 2.75) is 50.7 Å². The van der Waals surface area contributed by atoms with Crippen molar-refractivity contribution in [1.82, 2.24) is 10.2 Å². The largest absolute Gasteiger partial charge is 0.397 e. The Morgan fingerprint density at radius 1 is 1.00 bits per heavy atom. The van der Waals surface area contributed by atoms with Crippen molar-refractivity contribution < 1.29 is 22.4 Å². The van der Waals surface area contributed by atoms with Crippen LogP contribution in [0.5, 0.6) is 0 Å². The van der Waals surface area contributed by atoms with E-state index in [4.69, 9.17) is 0 Å². The van der Waals surface area contributed by atoms with Gasteiger partial charge in [-0.25, -0.2) is 4.39 Å². The van der Waals surface area contributed by atoms with Gasteiger partial charge in [0.15, 0.2) is 0 Å². The normalized spacial score (nSPS) is 23.8. The molecule has 2 aliphatic rings. The van der Waals surface area contributed by atoms with Crippen LogP contribution in [0.1, 0.15) is 38.5 Å². The van der Waals surface area contributed by atoms with Gasteiger partial charge < -0.3 is 10.2 Å². The van der Waals surface area contributed by atoms with Crippen LogP contribution in [-0.4, -0.2) is 55.7 Å². The molecule has 0 spiro atoms. The van der Waals surface area contributed by atoms with Crippen molar-refractivity contribution in [1.29, 1.82) is 0 Å². The molecular weight excluding hydrogens is 386 g/mol. The Labute approximate surface area is 169 Å². The van der Waals surface area contributed by atoms with Gasteiger partial charge in [-0.2, -0.15) is 13.2 Å². The number of carbonyl (C=O) groups excluding carboxylic acids is 1. The van der Waals surface area contributed by atoms with Crippen LogP contribution in [0.15, 0.2) is 24.3 Å². The summed E-state index contributed by atoms with van der Waals surface area (Å²) in [7, 11) is 0. The van der Waals surface area contributed by atoms with Crippen molar-refractivity contribution in [3.05, 3.63) is 30.1 Å². The van der Waals surface area contributed by atoms with Crippen molar-refractivity contribution >= 4 is 11.6 Å². The number of hydrogen-bond acceptors (Lipinski definition) is 3. The number of amides is 1. The molecule has 162 valence electrons. The number of halogens is 4. The smallest absolute Gasteiger partial charge is 0.369 e. The lowest BCUT2D eigenvalue weighted by Crippen LogP contribution is -2.47. The van der Waals surface area contributed by atoms with Crippen LogP contribution in [-0.2, 0) is 4.79 Å². The minimum absolute atomic E-state index is 0.125. The molecule has 0 radical (unpaired) electrons. The molecule has 1 heterocycles. The van der Waals surface area contributed by atoms with Crippen LogP contribution in [0.25, 0.3) is 0 Å². The van der Waals surface area contributed by atoms with Gasteiger partial charge in [-0.15, -0.1) is 0 Å². The Bertz CT molecular complexity index is 649. The number of rotatable bonds is 6. The molecule has 0 bridgehead atoms. The van der Waals surface area contributed by atoms with Crippen molar-refractivity contribution in [2.75, 3.05) is 37.6 Å². The van der Waals surface area contributed by atoms with Crippen LogP contribution < -0.4 is 10.2 Å². The minimum Gasteiger partial charge on any atom is -0.369 e. The third-order valence-corrected chi connectivity index (χ3v) is 5.99. The molecule has 29 heavy (non-hydrogen) atoms. The van der Waals surface area contributed by atoms with Gasteiger partial charge in [0.2, 0.25) is 5.91 Å². The number of nitrogens with zero attached hydrogens (tertiary/aromatic N) is 2. The summed E-state index contributed by atoms with van der Waals surface area (Å²) in [5.41, 5.74) is 1.05. The molecule has 4 nitrogen and oxygen atoms in total. The van der Waals surface area contributed by atoms with E-state index in [1.165, 1.54) is 12.1 Å². The number of alkyl halides is 3. The number of anilines is 1. The molecule has 1 saturated heterocycles. The lowest BCUT2D eigenvalue weighted by Gasteiger charge is -2.37. The standard InChI is InChI=1S/C21H29F4N3O/c22-17-3-7-19(8-4-17)28-13-11-27(12-14-28)10-9-16-1-5-18(6-2-16)26-20(29)15-21(23,24)25/h3-4,7-8,16,18H,1-2,5-6,9-15H2,(H,26,29). The first-order chi connectivity index (χ1) is 13.8. The lowest BCUT2D eigenvalue weighted by atomic mass is 9.84. The molecule has 1 amide bonds. The zero-order valence-electron chi connectivity index (χ0n) is 16.6. The Kier molecular flexibility index (Phi) is 7.38. The minimum atomic E-state index is -4.44. The van der Waals surface area contributed by atoms with Crippen LogP contribution in [0.3, 0.4) is 0 Å². The first-order valence-corrected chi connectivity index (χ1v) is 10.4. The van der Waals surface area contributed by atoms with Gasteiger partial charge in [-0.3, -0.25) is 9.69 Å². The number of nitrogens with one attached hydrogen (secondary N) is 1. The quantitative estimate of drug-likeness (QED) is 0.715. The SMILES string of the molecule is O=C(CC(F)(F)F)NC1CCC(CCN2CCN(c3ccc(F)cc3)CC2)CC1. The second-order valence-electron chi connectivity index (χ2n) is 8.17. The fourth-order valence-electron chi connectivity index (χ4n) is 4.30. The predicted molar refractivity (Wildman–Crippen MR) is 104 cm³/mol. The van der Waals surface area contributed by atoms with Crippen molar-refractivity contribution in [3.63, 3.8) is 0 Å². The van der Waals surface area contributed by atoms with Gasteiger partial charge in [0, 0.05) is 37.9 Å². The number of piperazine rings is 1. The van der Waals surface area contributed by atoms with Gasteiger partial charge >= 0.3 is 6.18 Å². The van der Waals surface area contributed by atoms with E-state index >= 15 is 0 Å². The highest BCUT2D eigenvalue weighted by Gasteiger charge is 2.32. The molecule has 1 saturated carbocycles. The van der Waals surface area contributed by atoms with Crippen LogP contribution in [0.2, 0.25) is 0 Å². The second kappa shape index (κ2) is 9.78. The second-order valence-corrected chi connectivity index (χ2v) is 8.17. The van der Waals surface area contributed by atoms with E-state index < -0.39 is 18.5 Å². The van der Waals surface area contributed by atoms with E-state index in [1.54, 1.807) is 0 Å². The van der Waals surface area contributed by atoms with Gasteiger partial charge in [0.25, 0.3) is 0 Å². The first-order valence-electron chi connectivity index (χ1n) is 10.4. The van der Waals surface area contributed by atoms with Crippen LogP contribution in [0.4, 0.5) is 23.2 Å². The van der Waals surface area contributed by atoms with Gasteiger partial charge in [-0.05, 0) is 68.8 Å². The van der Waals surface area contributed by atoms with Gasteiger partial charge in [0.1, 0.15) is 12.2 Å². The topological polar surface area (TPSA) is 35.6 Å². The van der Waals surface area contributed by atoms with E-state index in [0.29, 0.717) is 5.92 Å². The summed E-state index contributed by atoms with van der Waals surface area (Å²) in [5.74, 6) is -0.567. The zero-order valence-corrected chi connectivity index (χ0v) is 16.6. The number of benzene rings is 1. The van der Waals surface area contributed by atoms with Crippen LogP contribution in [0, 0.1) is 11.7 Å². The summed E-state index contributed by atoms with van der Waals surface area (Å²) in [6, 6.07) is 6.49. The third-order valence-electron chi connectivity index (χ3n) is 5.99. The van der Waals surface area contributed by atoms with E-state index in [1.807, 2.05) is 12.1 Å². The van der Waals surface area contributed by atoms with E-state index in [9.17, 15) is 22.4 Å². The molecule has 0 unspecified atom stereocenters. The highest BCUT2D eigenvalue weighted by Crippen LogP contribution is 2.28. The maximum absolute atomic E-state index is 13.1. The number of hydrogen-bond donors (Lipinski definition) is 1. The van der Waals surface area contributed by atoms with Crippen molar-refractivity contribution in [3.8, 4) is 0 Å². The van der Waals surface area contributed by atoms with Crippen molar-refractivity contribution in [2.24, 2.45) is 5.92 Å².